The van der Waals surface area contributed by atoms with Gasteiger partial charge in [-0.15, -0.1) is 0 Å². The molecular formula is C28H28N2O2. The van der Waals surface area contributed by atoms with Gasteiger partial charge in [0.2, 0.25) is 0 Å². The maximum absolute atomic E-state index is 5.77. The molecule has 3 aromatic rings. The van der Waals surface area contributed by atoms with E-state index in [-0.39, 0.29) is 6.04 Å². The lowest BCUT2D eigenvalue weighted by atomic mass is 9.77. The topological polar surface area (TPSA) is 34.1 Å². The molecule has 3 aromatic carbocycles. The van der Waals surface area contributed by atoms with Crippen LogP contribution in [0.5, 0.6) is 11.5 Å². The van der Waals surface area contributed by atoms with Crippen LogP contribution < -0.4 is 14.5 Å². The second-order valence-corrected chi connectivity index (χ2v) is 8.26. The second-order valence-electron chi connectivity index (χ2n) is 8.26. The lowest BCUT2D eigenvalue weighted by Gasteiger charge is -2.31. The molecule has 2 aliphatic rings. The van der Waals surface area contributed by atoms with Gasteiger partial charge in [0.1, 0.15) is 11.5 Å². The summed E-state index contributed by atoms with van der Waals surface area (Å²) in [6.45, 7) is 0. The van der Waals surface area contributed by atoms with Crippen LogP contribution in [0.4, 0.5) is 5.69 Å². The number of hydrogen-bond acceptors (Lipinski definition) is 4. The maximum atomic E-state index is 5.77. The molecule has 1 aliphatic carbocycles. The van der Waals surface area contributed by atoms with E-state index >= 15 is 0 Å². The third-order valence-corrected chi connectivity index (χ3v) is 6.45. The SMILES string of the molecule is COc1ccccc1C=C1CCCC2C1=NN(c1ccccc1)C2c1ccccc1OC. The molecule has 2 atom stereocenters. The molecule has 0 N–H and O–H groups in total. The number of benzene rings is 3. The average Bonchev–Trinajstić information content (AvgIpc) is 3.25. The number of para-hydroxylation sites is 3. The zero-order valence-electron chi connectivity index (χ0n) is 18.6. The molecule has 5 rings (SSSR count). The molecular weight excluding hydrogens is 396 g/mol. The Balaban J connectivity index is 1.62. The number of methoxy groups -OCH3 is 2. The Morgan fingerprint density at radius 3 is 2.31 bits per heavy atom. The average molecular weight is 425 g/mol. The van der Waals surface area contributed by atoms with Crippen LogP contribution in [0.15, 0.2) is 89.5 Å². The van der Waals surface area contributed by atoms with Crippen molar-refractivity contribution in [1.29, 1.82) is 0 Å². The quantitative estimate of drug-likeness (QED) is 0.468. The lowest BCUT2D eigenvalue weighted by molar-refractivity contribution is 0.395. The van der Waals surface area contributed by atoms with Gasteiger partial charge in [-0.25, -0.2) is 0 Å². The number of anilines is 1. The fourth-order valence-electron chi connectivity index (χ4n) is 4.99. The van der Waals surface area contributed by atoms with Gasteiger partial charge < -0.3 is 9.47 Å². The highest BCUT2D eigenvalue weighted by Gasteiger charge is 2.43. The van der Waals surface area contributed by atoms with Crippen LogP contribution in [-0.4, -0.2) is 19.9 Å². The van der Waals surface area contributed by atoms with Gasteiger partial charge >= 0.3 is 0 Å². The summed E-state index contributed by atoms with van der Waals surface area (Å²) in [4.78, 5) is 0. The predicted molar refractivity (Wildman–Crippen MR) is 130 cm³/mol. The summed E-state index contributed by atoms with van der Waals surface area (Å²) in [5.74, 6) is 2.11. The van der Waals surface area contributed by atoms with Crippen LogP contribution in [-0.2, 0) is 0 Å². The number of hydrazone groups is 1. The zero-order valence-corrected chi connectivity index (χ0v) is 18.6. The molecule has 1 heterocycles. The second kappa shape index (κ2) is 8.91. The number of fused-ring (bicyclic) bond motifs is 1. The van der Waals surface area contributed by atoms with E-state index < -0.39 is 0 Å². The van der Waals surface area contributed by atoms with Crippen molar-refractivity contribution in [2.24, 2.45) is 11.0 Å². The summed E-state index contributed by atoms with van der Waals surface area (Å²) in [5.41, 5.74) is 5.86. The smallest absolute Gasteiger partial charge is 0.126 e. The molecule has 0 saturated heterocycles. The predicted octanol–water partition coefficient (Wildman–Crippen LogP) is 6.50. The molecule has 162 valence electrons. The van der Waals surface area contributed by atoms with Crippen LogP contribution >= 0.6 is 0 Å². The van der Waals surface area contributed by atoms with E-state index in [1.54, 1.807) is 14.2 Å². The largest absolute Gasteiger partial charge is 0.496 e. The van der Waals surface area contributed by atoms with Gasteiger partial charge in [-0.1, -0.05) is 54.6 Å². The minimum Gasteiger partial charge on any atom is -0.496 e. The van der Waals surface area contributed by atoms with Crippen LogP contribution in [0.25, 0.3) is 6.08 Å². The van der Waals surface area contributed by atoms with E-state index in [9.17, 15) is 0 Å². The van der Waals surface area contributed by atoms with Gasteiger partial charge in [-0.2, -0.15) is 5.10 Å². The van der Waals surface area contributed by atoms with E-state index in [0.29, 0.717) is 5.92 Å². The normalized spacial score (nSPS) is 21.2. The van der Waals surface area contributed by atoms with E-state index in [2.05, 4.69) is 59.6 Å². The summed E-state index contributed by atoms with van der Waals surface area (Å²) in [5, 5.41) is 7.43. The van der Waals surface area contributed by atoms with Gasteiger partial charge in [-0.3, -0.25) is 5.01 Å². The highest BCUT2D eigenvalue weighted by molar-refractivity contribution is 6.08. The highest BCUT2D eigenvalue weighted by atomic mass is 16.5. The van der Waals surface area contributed by atoms with Crippen LogP contribution in [0.3, 0.4) is 0 Å². The van der Waals surface area contributed by atoms with Gasteiger partial charge in [0.05, 0.1) is 31.7 Å². The van der Waals surface area contributed by atoms with Crippen molar-refractivity contribution in [3.63, 3.8) is 0 Å². The Hall–Kier alpha value is -3.53. The summed E-state index contributed by atoms with van der Waals surface area (Å²) >= 11 is 0. The van der Waals surface area contributed by atoms with Gasteiger partial charge in [0.15, 0.2) is 0 Å². The summed E-state index contributed by atoms with van der Waals surface area (Å²) in [7, 11) is 3.47. The fraction of sp³-hybridized carbons (Fsp3) is 0.250. The Bertz CT molecular complexity index is 1150. The number of allylic oxidation sites excluding steroid dienone is 1. The number of ether oxygens (including phenoxy) is 2. The fourth-order valence-corrected chi connectivity index (χ4v) is 4.99. The minimum absolute atomic E-state index is 0.102. The molecule has 0 radical (unpaired) electrons. The van der Waals surface area contributed by atoms with E-state index in [1.165, 1.54) is 16.8 Å². The molecule has 2 unspecified atom stereocenters. The Morgan fingerprint density at radius 1 is 0.844 bits per heavy atom. The molecule has 0 amide bonds. The number of rotatable bonds is 5. The monoisotopic (exact) mass is 424 g/mol. The highest BCUT2D eigenvalue weighted by Crippen LogP contribution is 2.48. The van der Waals surface area contributed by atoms with Crippen LogP contribution in [0.1, 0.15) is 36.4 Å². The van der Waals surface area contributed by atoms with E-state index in [1.807, 2.05) is 30.3 Å². The van der Waals surface area contributed by atoms with Gasteiger partial charge in [-0.05, 0) is 55.2 Å². The molecule has 32 heavy (non-hydrogen) atoms. The number of nitrogens with zero attached hydrogens (tertiary/aromatic N) is 2. The maximum Gasteiger partial charge on any atom is 0.126 e. The first-order valence-electron chi connectivity index (χ1n) is 11.2. The first kappa shape index (κ1) is 20.4. The van der Waals surface area contributed by atoms with Gasteiger partial charge in [0, 0.05) is 17.0 Å². The third-order valence-electron chi connectivity index (χ3n) is 6.45. The van der Waals surface area contributed by atoms with E-state index in [0.717, 1.165) is 42.0 Å². The van der Waals surface area contributed by atoms with Crippen molar-refractivity contribution in [2.75, 3.05) is 19.2 Å². The molecule has 4 heteroatoms. The molecule has 0 spiro atoms. The molecule has 1 saturated carbocycles. The third kappa shape index (κ3) is 3.66. The van der Waals surface area contributed by atoms with Crippen LogP contribution in [0, 0.1) is 5.92 Å². The Labute approximate surface area is 189 Å². The van der Waals surface area contributed by atoms with Crippen molar-refractivity contribution < 1.29 is 9.47 Å². The summed E-state index contributed by atoms with van der Waals surface area (Å²) < 4.78 is 11.4. The minimum atomic E-state index is 0.102. The van der Waals surface area contributed by atoms with Crippen molar-refractivity contribution in [3.8, 4) is 11.5 Å². The standard InChI is InChI=1S/C28H28N2O2/c1-31-25-17-8-6-11-20(25)19-21-12-10-16-24-27(21)29-30(22-13-4-3-5-14-22)28(24)23-15-7-9-18-26(23)32-2/h3-9,11,13-15,17-19,24,28H,10,12,16H2,1-2H3. The Kier molecular flexibility index (Phi) is 5.68. The lowest BCUT2D eigenvalue weighted by Crippen LogP contribution is -2.28. The molecule has 4 nitrogen and oxygen atoms in total. The van der Waals surface area contributed by atoms with Crippen molar-refractivity contribution in [3.05, 3.63) is 95.6 Å². The van der Waals surface area contributed by atoms with Crippen molar-refractivity contribution in [2.45, 2.75) is 25.3 Å². The van der Waals surface area contributed by atoms with Crippen molar-refractivity contribution >= 4 is 17.5 Å². The Morgan fingerprint density at radius 2 is 1.53 bits per heavy atom. The summed E-state index contributed by atoms with van der Waals surface area (Å²) in [6.07, 6.45) is 5.53. The van der Waals surface area contributed by atoms with E-state index in [4.69, 9.17) is 14.6 Å². The van der Waals surface area contributed by atoms with Crippen LogP contribution in [0.2, 0.25) is 0 Å². The zero-order chi connectivity index (χ0) is 21.9. The van der Waals surface area contributed by atoms with Crippen molar-refractivity contribution in [1.82, 2.24) is 0 Å². The molecule has 1 aliphatic heterocycles. The first-order chi connectivity index (χ1) is 15.8. The molecule has 1 fully saturated rings. The molecule has 0 aromatic heterocycles. The number of hydrogen-bond donors (Lipinski definition) is 0. The summed E-state index contributed by atoms with van der Waals surface area (Å²) in [6, 6.07) is 27.1. The first-order valence-corrected chi connectivity index (χ1v) is 11.2. The van der Waals surface area contributed by atoms with Gasteiger partial charge in [0.25, 0.3) is 0 Å². The molecule has 0 bridgehead atoms.